The highest BCUT2D eigenvalue weighted by atomic mass is 32.1. The van der Waals surface area contributed by atoms with Crippen LogP contribution < -0.4 is 5.32 Å². The van der Waals surface area contributed by atoms with Gasteiger partial charge in [-0.3, -0.25) is 9.59 Å². The summed E-state index contributed by atoms with van der Waals surface area (Å²) in [6.07, 6.45) is 1.47. The van der Waals surface area contributed by atoms with Gasteiger partial charge in [0.2, 0.25) is 5.91 Å². The highest BCUT2D eigenvalue weighted by Crippen LogP contribution is 2.24. The summed E-state index contributed by atoms with van der Waals surface area (Å²) in [7, 11) is 0. The van der Waals surface area contributed by atoms with Gasteiger partial charge in [-0.15, -0.1) is 11.3 Å². The molecule has 2 N–H and O–H groups in total. The SMILES string of the molecule is CC(C)NC(=O)C1CCN(C(=O)c2cc3ccsc3[nH]2)CC1. The molecule has 1 saturated heterocycles. The van der Waals surface area contributed by atoms with E-state index in [4.69, 9.17) is 0 Å². The largest absolute Gasteiger partial charge is 0.354 e. The van der Waals surface area contributed by atoms with Crippen LogP contribution >= 0.6 is 11.3 Å². The van der Waals surface area contributed by atoms with Gasteiger partial charge in [-0.1, -0.05) is 0 Å². The quantitative estimate of drug-likeness (QED) is 0.913. The molecular weight excluding hydrogens is 298 g/mol. The zero-order chi connectivity index (χ0) is 15.7. The summed E-state index contributed by atoms with van der Waals surface area (Å²) in [6.45, 7) is 5.21. The number of nitrogens with one attached hydrogen (secondary N) is 2. The van der Waals surface area contributed by atoms with Crippen LogP contribution in [0.1, 0.15) is 37.2 Å². The number of carbonyl (C=O) groups is 2. The van der Waals surface area contributed by atoms with Gasteiger partial charge in [-0.25, -0.2) is 0 Å². The van der Waals surface area contributed by atoms with Gasteiger partial charge >= 0.3 is 0 Å². The van der Waals surface area contributed by atoms with Crippen LogP contribution in [-0.4, -0.2) is 40.8 Å². The fourth-order valence-electron chi connectivity index (χ4n) is 2.88. The lowest BCUT2D eigenvalue weighted by molar-refractivity contribution is -0.126. The van der Waals surface area contributed by atoms with E-state index >= 15 is 0 Å². The predicted octanol–water partition coefficient (Wildman–Crippen LogP) is 2.61. The summed E-state index contributed by atoms with van der Waals surface area (Å²) >= 11 is 1.60. The topological polar surface area (TPSA) is 65.2 Å². The van der Waals surface area contributed by atoms with Crippen molar-refractivity contribution in [1.29, 1.82) is 0 Å². The number of aromatic amines is 1. The van der Waals surface area contributed by atoms with E-state index in [2.05, 4.69) is 10.3 Å². The Hall–Kier alpha value is -1.82. The number of carbonyl (C=O) groups excluding carboxylic acids is 2. The summed E-state index contributed by atoms with van der Waals surface area (Å²) < 4.78 is 0. The highest BCUT2D eigenvalue weighted by molar-refractivity contribution is 7.16. The predicted molar refractivity (Wildman–Crippen MR) is 88.1 cm³/mol. The van der Waals surface area contributed by atoms with Crippen LogP contribution in [0.25, 0.3) is 10.2 Å². The molecule has 3 heterocycles. The number of piperidine rings is 1. The molecule has 0 saturated carbocycles. The number of amides is 2. The van der Waals surface area contributed by atoms with Gasteiger partial charge in [0.1, 0.15) is 10.5 Å². The van der Waals surface area contributed by atoms with Crippen molar-refractivity contribution in [2.45, 2.75) is 32.7 Å². The van der Waals surface area contributed by atoms with Crippen molar-refractivity contribution in [3.8, 4) is 0 Å². The van der Waals surface area contributed by atoms with Crippen molar-refractivity contribution in [2.75, 3.05) is 13.1 Å². The zero-order valence-corrected chi connectivity index (χ0v) is 13.7. The number of nitrogens with zero attached hydrogens (tertiary/aromatic N) is 1. The maximum absolute atomic E-state index is 12.5. The fraction of sp³-hybridized carbons (Fsp3) is 0.500. The second-order valence-electron chi connectivity index (χ2n) is 6.12. The van der Waals surface area contributed by atoms with Crippen molar-refractivity contribution in [3.63, 3.8) is 0 Å². The standard InChI is InChI=1S/C16H21N3O2S/c1-10(2)17-14(20)11-3-6-19(7-4-11)16(21)13-9-12-5-8-22-15(12)18-13/h5,8-11,18H,3-4,6-7H2,1-2H3,(H,17,20). The first-order valence-corrected chi connectivity index (χ1v) is 8.58. The Morgan fingerprint density at radius 1 is 1.36 bits per heavy atom. The van der Waals surface area contributed by atoms with Crippen molar-refractivity contribution < 1.29 is 9.59 Å². The molecule has 22 heavy (non-hydrogen) atoms. The highest BCUT2D eigenvalue weighted by Gasteiger charge is 2.28. The molecule has 0 bridgehead atoms. The van der Waals surface area contributed by atoms with E-state index in [0.717, 1.165) is 23.1 Å². The molecule has 0 spiro atoms. The molecule has 0 unspecified atom stereocenters. The van der Waals surface area contributed by atoms with E-state index in [0.29, 0.717) is 18.8 Å². The van der Waals surface area contributed by atoms with Gasteiger partial charge in [0.05, 0.1) is 0 Å². The second kappa shape index (κ2) is 6.12. The lowest BCUT2D eigenvalue weighted by Crippen LogP contribution is -2.44. The number of aromatic nitrogens is 1. The lowest BCUT2D eigenvalue weighted by atomic mass is 9.95. The van der Waals surface area contributed by atoms with Crippen molar-refractivity contribution in [3.05, 3.63) is 23.2 Å². The Bertz CT molecular complexity index is 652. The third-order valence-electron chi connectivity index (χ3n) is 4.06. The van der Waals surface area contributed by atoms with E-state index in [1.807, 2.05) is 36.3 Å². The molecular formula is C16H21N3O2S. The molecule has 2 aromatic heterocycles. The van der Waals surface area contributed by atoms with Crippen LogP contribution in [0.4, 0.5) is 0 Å². The minimum atomic E-state index is 0.0265. The molecule has 0 aliphatic carbocycles. The minimum Gasteiger partial charge on any atom is -0.354 e. The third-order valence-corrected chi connectivity index (χ3v) is 4.90. The van der Waals surface area contributed by atoms with Gasteiger partial charge in [-0.2, -0.15) is 0 Å². The van der Waals surface area contributed by atoms with E-state index in [-0.39, 0.29) is 23.8 Å². The molecule has 5 nitrogen and oxygen atoms in total. The van der Waals surface area contributed by atoms with Gasteiger partial charge < -0.3 is 15.2 Å². The zero-order valence-electron chi connectivity index (χ0n) is 12.9. The Balaban J connectivity index is 1.60. The van der Waals surface area contributed by atoms with E-state index in [1.54, 1.807) is 11.3 Å². The average molecular weight is 319 g/mol. The molecule has 1 aliphatic rings. The number of rotatable bonds is 3. The van der Waals surface area contributed by atoms with Crippen LogP contribution in [0.5, 0.6) is 0 Å². The van der Waals surface area contributed by atoms with Crippen LogP contribution in [-0.2, 0) is 4.79 Å². The Morgan fingerprint density at radius 3 is 2.73 bits per heavy atom. The van der Waals surface area contributed by atoms with Crippen molar-refractivity contribution in [2.24, 2.45) is 5.92 Å². The molecule has 1 aliphatic heterocycles. The average Bonchev–Trinajstić information content (AvgIpc) is 3.07. The van der Waals surface area contributed by atoms with Gasteiger partial charge in [0, 0.05) is 30.4 Å². The number of hydrogen-bond donors (Lipinski definition) is 2. The summed E-state index contributed by atoms with van der Waals surface area (Å²) in [5, 5.41) is 6.05. The third kappa shape index (κ3) is 3.02. The summed E-state index contributed by atoms with van der Waals surface area (Å²) in [4.78, 5) is 30.6. The molecule has 1 fully saturated rings. The molecule has 2 amide bonds. The van der Waals surface area contributed by atoms with Gasteiger partial charge in [-0.05, 0) is 44.2 Å². The Morgan fingerprint density at radius 2 is 2.09 bits per heavy atom. The minimum absolute atomic E-state index is 0.0265. The first-order chi connectivity index (χ1) is 10.5. The summed E-state index contributed by atoms with van der Waals surface area (Å²) in [5.41, 5.74) is 0.645. The van der Waals surface area contributed by atoms with E-state index in [1.165, 1.54) is 0 Å². The van der Waals surface area contributed by atoms with Crippen molar-refractivity contribution >= 4 is 33.4 Å². The smallest absolute Gasteiger partial charge is 0.270 e. The second-order valence-corrected chi connectivity index (χ2v) is 7.03. The number of H-pyrrole nitrogens is 1. The van der Waals surface area contributed by atoms with Crippen LogP contribution in [0.2, 0.25) is 0 Å². The number of thiophene rings is 1. The summed E-state index contributed by atoms with van der Waals surface area (Å²) in [5.74, 6) is 0.173. The van der Waals surface area contributed by atoms with Gasteiger partial charge in [0.25, 0.3) is 5.91 Å². The Kier molecular flexibility index (Phi) is 4.20. The number of likely N-dealkylation sites (tertiary alicyclic amines) is 1. The number of fused-ring (bicyclic) bond motifs is 1. The van der Waals surface area contributed by atoms with E-state index in [9.17, 15) is 9.59 Å². The lowest BCUT2D eigenvalue weighted by Gasteiger charge is -2.31. The molecule has 0 radical (unpaired) electrons. The maximum atomic E-state index is 12.5. The first kappa shape index (κ1) is 15.1. The molecule has 0 atom stereocenters. The molecule has 6 heteroatoms. The molecule has 0 aromatic carbocycles. The molecule has 2 aromatic rings. The van der Waals surface area contributed by atoms with E-state index < -0.39 is 0 Å². The monoisotopic (exact) mass is 319 g/mol. The normalized spacial score (nSPS) is 16.4. The molecule has 3 rings (SSSR count). The van der Waals surface area contributed by atoms with Crippen molar-refractivity contribution in [1.82, 2.24) is 15.2 Å². The number of hydrogen-bond acceptors (Lipinski definition) is 3. The first-order valence-electron chi connectivity index (χ1n) is 7.70. The Labute approximate surface area is 133 Å². The maximum Gasteiger partial charge on any atom is 0.270 e. The van der Waals surface area contributed by atoms with Crippen LogP contribution in [0.3, 0.4) is 0 Å². The fourth-order valence-corrected chi connectivity index (χ4v) is 3.66. The molecule has 118 valence electrons. The van der Waals surface area contributed by atoms with Crippen LogP contribution in [0.15, 0.2) is 17.5 Å². The summed E-state index contributed by atoms with van der Waals surface area (Å²) in [6, 6.07) is 4.08. The van der Waals surface area contributed by atoms with Gasteiger partial charge in [0.15, 0.2) is 0 Å². The van der Waals surface area contributed by atoms with Crippen LogP contribution in [0, 0.1) is 5.92 Å².